The first kappa shape index (κ1) is 18.2. The van der Waals surface area contributed by atoms with Crippen LogP contribution in [0.5, 0.6) is 5.75 Å². The quantitative estimate of drug-likeness (QED) is 0.867. The number of carbonyl (C=O) groups excluding carboxylic acids is 1. The van der Waals surface area contributed by atoms with Crippen LogP contribution in [0.2, 0.25) is 0 Å². The number of rotatable bonds is 5. The first-order chi connectivity index (χ1) is 12.1. The van der Waals surface area contributed by atoms with Gasteiger partial charge < -0.3 is 19.5 Å². The monoisotopic (exact) mass is 348 g/mol. The Labute approximate surface area is 149 Å². The highest BCUT2D eigenvalue weighted by molar-refractivity contribution is 5.94. The number of aliphatic hydroxyl groups is 1. The molecule has 0 radical (unpaired) electrons. The van der Waals surface area contributed by atoms with Crippen molar-refractivity contribution in [2.24, 2.45) is 5.92 Å². The number of nitrogens with zero attached hydrogens (tertiary/aromatic N) is 2. The third-order valence-electron chi connectivity index (χ3n) is 5.34. The number of methoxy groups -OCH3 is 1. The Bertz CT molecular complexity index is 571. The van der Waals surface area contributed by atoms with Crippen LogP contribution in [-0.2, 0) is 4.74 Å². The predicted molar refractivity (Wildman–Crippen MR) is 94.9 cm³/mol. The van der Waals surface area contributed by atoms with E-state index >= 15 is 0 Å². The summed E-state index contributed by atoms with van der Waals surface area (Å²) >= 11 is 0. The fourth-order valence-corrected chi connectivity index (χ4v) is 3.76. The highest BCUT2D eigenvalue weighted by Crippen LogP contribution is 2.22. The Morgan fingerprint density at radius 2 is 1.96 bits per heavy atom. The van der Waals surface area contributed by atoms with Gasteiger partial charge in [-0.25, -0.2) is 0 Å². The van der Waals surface area contributed by atoms with Crippen LogP contribution >= 0.6 is 0 Å². The fourth-order valence-electron chi connectivity index (χ4n) is 3.76. The van der Waals surface area contributed by atoms with Crippen LogP contribution in [0.1, 0.15) is 23.2 Å². The zero-order valence-electron chi connectivity index (χ0n) is 15.1. The van der Waals surface area contributed by atoms with Gasteiger partial charge in [0.2, 0.25) is 0 Å². The molecule has 0 spiro atoms. The van der Waals surface area contributed by atoms with Crippen LogP contribution in [-0.4, -0.2) is 80.0 Å². The van der Waals surface area contributed by atoms with Gasteiger partial charge in [0.25, 0.3) is 5.91 Å². The number of likely N-dealkylation sites (N-methyl/N-ethyl adjacent to an activating group) is 1. The maximum absolute atomic E-state index is 12.7. The third-order valence-corrected chi connectivity index (χ3v) is 5.34. The lowest BCUT2D eigenvalue weighted by Gasteiger charge is -2.31. The van der Waals surface area contributed by atoms with Crippen molar-refractivity contribution in [3.8, 4) is 5.75 Å². The van der Waals surface area contributed by atoms with Crippen molar-refractivity contribution in [1.82, 2.24) is 9.80 Å². The molecule has 138 valence electrons. The van der Waals surface area contributed by atoms with E-state index in [1.54, 1.807) is 36.3 Å². The van der Waals surface area contributed by atoms with Crippen molar-refractivity contribution < 1.29 is 19.4 Å². The molecule has 1 N–H and O–H groups in total. The topological polar surface area (TPSA) is 62.2 Å². The first-order valence-electron chi connectivity index (χ1n) is 8.98. The van der Waals surface area contributed by atoms with E-state index in [4.69, 9.17) is 9.47 Å². The molecule has 1 amide bonds. The lowest BCUT2D eigenvalue weighted by atomic mass is 9.99. The Morgan fingerprint density at radius 3 is 2.60 bits per heavy atom. The Hall–Kier alpha value is -1.63. The van der Waals surface area contributed by atoms with E-state index in [9.17, 15) is 9.90 Å². The summed E-state index contributed by atoms with van der Waals surface area (Å²) in [5, 5.41) is 10.5. The Morgan fingerprint density at radius 1 is 1.28 bits per heavy atom. The lowest BCUT2D eigenvalue weighted by Crippen LogP contribution is -2.44. The lowest BCUT2D eigenvalue weighted by molar-refractivity contribution is 0.0381. The molecule has 2 heterocycles. The molecule has 2 saturated heterocycles. The average molecular weight is 348 g/mol. The second-order valence-electron chi connectivity index (χ2n) is 7.07. The van der Waals surface area contributed by atoms with Crippen molar-refractivity contribution in [1.29, 1.82) is 0 Å². The molecule has 6 nitrogen and oxygen atoms in total. The van der Waals surface area contributed by atoms with Gasteiger partial charge in [-0.1, -0.05) is 0 Å². The molecule has 3 rings (SSSR count). The number of ether oxygens (including phenoxy) is 2. The highest BCUT2D eigenvalue weighted by Gasteiger charge is 2.37. The molecule has 0 unspecified atom stereocenters. The standard InChI is InChI=1S/C19H28N2O4/c1-20(11-14-7-9-25-10-8-14)17-12-21(13-18(17)22)19(23)15-3-5-16(24-2)6-4-15/h3-6,14,17-18,22H,7-13H2,1-2H3/t17-,18-/m0/s1. The van der Waals surface area contributed by atoms with Crippen LogP contribution < -0.4 is 4.74 Å². The van der Waals surface area contributed by atoms with Gasteiger partial charge >= 0.3 is 0 Å². The van der Waals surface area contributed by atoms with Gasteiger partial charge in [0, 0.05) is 38.4 Å². The molecule has 2 aliphatic heterocycles. The van der Waals surface area contributed by atoms with Crippen molar-refractivity contribution in [2.45, 2.75) is 25.0 Å². The second kappa shape index (κ2) is 8.17. The molecule has 2 atom stereocenters. The molecular weight excluding hydrogens is 320 g/mol. The van der Waals surface area contributed by atoms with Crippen LogP contribution in [0.15, 0.2) is 24.3 Å². The van der Waals surface area contributed by atoms with Crippen LogP contribution in [0.3, 0.4) is 0 Å². The van der Waals surface area contributed by atoms with E-state index in [0.29, 0.717) is 24.6 Å². The number of carbonyl (C=O) groups is 1. The van der Waals surface area contributed by atoms with Crippen LogP contribution in [0.25, 0.3) is 0 Å². The molecule has 2 aliphatic rings. The summed E-state index contributed by atoms with van der Waals surface area (Å²) in [7, 11) is 3.65. The first-order valence-corrected chi connectivity index (χ1v) is 8.98. The van der Waals surface area contributed by atoms with Crippen LogP contribution in [0, 0.1) is 5.92 Å². The molecule has 25 heavy (non-hydrogen) atoms. The highest BCUT2D eigenvalue weighted by atomic mass is 16.5. The number of likely N-dealkylation sites (tertiary alicyclic amines) is 1. The SMILES string of the molecule is COc1ccc(C(=O)N2C[C@H](O)[C@@H](N(C)CC3CCOCC3)C2)cc1. The van der Waals surface area contributed by atoms with Gasteiger partial charge in [0.1, 0.15) is 5.75 Å². The number of β-amino-alcohol motifs (C(OH)–C–C–N with tert-alkyl or cyclic N) is 1. The normalized spacial score (nSPS) is 24.7. The summed E-state index contributed by atoms with van der Waals surface area (Å²) in [6.45, 7) is 3.54. The fraction of sp³-hybridized carbons (Fsp3) is 0.632. The van der Waals surface area contributed by atoms with Crippen LogP contribution in [0.4, 0.5) is 0 Å². The van der Waals surface area contributed by atoms with E-state index in [0.717, 1.165) is 38.3 Å². The molecular formula is C19H28N2O4. The van der Waals surface area contributed by atoms with Gasteiger partial charge in [-0.15, -0.1) is 0 Å². The van der Waals surface area contributed by atoms with E-state index in [1.165, 1.54) is 0 Å². The minimum absolute atomic E-state index is 0.00922. The summed E-state index contributed by atoms with van der Waals surface area (Å²) in [5.41, 5.74) is 0.626. The summed E-state index contributed by atoms with van der Waals surface area (Å²) < 4.78 is 10.5. The minimum Gasteiger partial charge on any atom is -0.497 e. The molecule has 2 fully saturated rings. The van der Waals surface area contributed by atoms with E-state index in [1.807, 2.05) is 7.05 Å². The second-order valence-corrected chi connectivity index (χ2v) is 7.07. The zero-order chi connectivity index (χ0) is 17.8. The maximum Gasteiger partial charge on any atom is 0.254 e. The van der Waals surface area contributed by atoms with Crippen molar-refractivity contribution >= 4 is 5.91 Å². The molecule has 0 aromatic heterocycles. The summed E-state index contributed by atoms with van der Waals surface area (Å²) in [4.78, 5) is 16.6. The Kier molecular flexibility index (Phi) is 5.93. The molecule has 1 aromatic carbocycles. The smallest absolute Gasteiger partial charge is 0.254 e. The third kappa shape index (κ3) is 4.32. The number of hydrogen-bond donors (Lipinski definition) is 1. The molecule has 0 bridgehead atoms. The number of aliphatic hydroxyl groups excluding tert-OH is 1. The number of amides is 1. The summed E-state index contributed by atoms with van der Waals surface area (Å²) in [5.74, 6) is 1.30. The van der Waals surface area contributed by atoms with Gasteiger partial charge in [-0.05, 0) is 50.1 Å². The number of benzene rings is 1. The largest absolute Gasteiger partial charge is 0.497 e. The minimum atomic E-state index is -0.507. The molecule has 1 aromatic rings. The summed E-state index contributed by atoms with van der Waals surface area (Å²) in [6, 6.07) is 7.10. The van der Waals surface area contributed by atoms with Crippen molar-refractivity contribution in [3.05, 3.63) is 29.8 Å². The molecule has 0 saturated carbocycles. The van der Waals surface area contributed by atoms with Gasteiger partial charge in [-0.3, -0.25) is 9.69 Å². The van der Waals surface area contributed by atoms with E-state index < -0.39 is 6.10 Å². The molecule has 0 aliphatic carbocycles. The Balaban J connectivity index is 1.58. The van der Waals surface area contributed by atoms with Gasteiger partial charge in [-0.2, -0.15) is 0 Å². The summed E-state index contributed by atoms with van der Waals surface area (Å²) in [6.07, 6.45) is 1.63. The number of hydrogen-bond acceptors (Lipinski definition) is 5. The van der Waals surface area contributed by atoms with E-state index in [-0.39, 0.29) is 11.9 Å². The molecule has 6 heteroatoms. The maximum atomic E-state index is 12.7. The van der Waals surface area contributed by atoms with Crippen molar-refractivity contribution in [2.75, 3.05) is 47.0 Å². The zero-order valence-corrected chi connectivity index (χ0v) is 15.1. The average Bonchev–Trinajstić information content (AvgIpc) is 3.04. The van der Waals surface area contributed by atoms with Crippen molar-refractivity contribution in [3.63, 3.8) is 0 Å². The van der Waals surface area contributed by atoms with Gasteiger partial charge in [0.05, 0.1) is 19.3 Å². The predicted octanol–water partition coefficient (Wildman–Crippen LogP) is 1.24. The van der Waals surface area contributed by atoms with Gasteiger partial charge in [0.15, 0.2) is 0 Å². The van der Waals surface area contributed by atoms with E-state index in [2.05, 4.69) is 4.90 Å².